The minimum absolute atomic E-state index is 0.416. The summed E-state index contributed by atoms with van der Waals surface area (Å²) in [5.74, 6) is 1.00. The highest BCUT2D eigenvalue weighted by Crippen LogP contribution is 2.47. The third kappa shape index (κ3) is 2.38. The summed E-state index contributed by atoms with van der Waals surface area (Å²) in [4.78, 5) is 0. The first-order valence-electron chi connectivity index (χ1n) is 6.11. The first-order valence-corrected chi connectivity index (χ1v) is 6.11. The monoisotopic (exact) mass is 219 g/mol. The lowest BCUT2D eigenvalue weighted by Crippen LogP contribution is -2.17. The van der Waals surface area contributed by atoms with Gasteiger partial charge in [-0.05, 0) is 62.3 Å². The first kappa shape index (κ1) is 11.5. The molecular weight excluding hydrogens is 198 g/mol. The minimum atomic E-state index is 0.416. The highest BCUT2D eigenvalue weighted by atomic mass is 16.5. The molecule has 1 saturated carbocycles. The van der Waals surface area contributed by atoms with E-state index in [1.54, 1.807) is 0 Å². The van der Waals surface area contributed by atoms with Crippen LogP contribution in [0.15, 0.2) is 18.2 Å². The van der Waals surface area contributed by atoms with Crippen molar-refractivity contribution in [3.8, 4) is 5.75 Å². The zero-order chi connectivity index (χ0) is 11.6. The summed E-state index contributed by atoms with van der Waals surface area (Å²) in [6.07, 6.45) is 3.70. The Morgan fingerprint density at radius 1 is 1.38 bits per heavy atom. The highest BCUT2D eigenvalue weighted by molar-refractivity contribution is 5.37. The lowest BCUT2D eigenvalue weighted by molar-refractivity contribution is 0.337. The van der Waals surface area contributed by atoms with Crippen molar-refractivity contribution in [3.05, 3.63) is 29.3 Å². The molecule has 0 spiro atoms. The van der Waals surface area contributed by atoms with Gasteiger partial charge in [0.05, 0.1) is 6.61 Å². The summed E-state index contributed by atoms with van der Waals surface area (Å²) >= 11 is 0. The third-order valence-corrected chi connectivity index (χ3v) is 3.51. The number of aryl methyl sites for hydroxylation is 1. The van der Waals surface area contributed by atoms with Crippen molar-refractivity contribution in [2.24, 2.45) is 11.1 Å². The van der Waals surface area contributed by atoms with Crippen LogP contribution in [0.5, 0.6) is 5.75 Å². The standard InChI is InChI=1S/C14H21NO/c1-3-16-13-5-4-12(8-11(13)2)9-14(10-15)6-7-14/h4-5,8H,3,6-7,9-10,15H2,1-2H3. The molecule has 0 aliphatic heterocycles. The molecule has 0 aromatic heterocycles. The van der Waals surface area contributed by atoms with Gasteiger partial charge >= 0.3 is 0 Å². The lowest BCUT2D eigenvalue weighted by atomic mass is 9.95. The molecular formula is C14H21NO. The van der Waals surface area contributed by atoms with E-state index >= 15 is 0 Å². The summed E-state index contributed by atoms with van der Waals surface area (Å²) in [6.45, 7) is 5.67. The topological polar surface area (TPSA) is 35.2 Å². The van der Waals surface area contributed by atoms with Gasteiger partial charge in [-0.2, -0.15) is 0 Å². The molecule has 2 heteroatoms. The van der Waals surface area contributed by atoms with E-state index in [-0.39, 0.29) is 0 Å². The van der Waals surface area contributed by atoms with Gasteiger partial charge in [-0.25, -0.2) is 0 Å². The molecule has 2 rings (SSSR count). The quantitative estimate of drug-likeness (QED) is 0.826. The van der Waals surface area contributed by atoms with Crippen LogP contribution in [-0.4, -0.2) is 13.2 Å². The molecule has 2 N–H and O–H groups in total. The Bertz CT molecular complexity index is 369. The molecule has 1 aromatic rings. The predicted molar refractivity (Wildman–Crippen MR) is 66.8 cm³/mol. The third-order valence-electron chi connectivity index (χ3n) is 3.51. The highest BCUT2D eigenvalue weighted by Gasteiger charge is 2.40. The van der Waals surface area contributed by atoms with Gasteiger partial charge in [-0.15, -0.1) is 0 Å². The number of benzene rings is 1. The normalized spacial score (nSPS) is 17.2. The molecule has 0 atom stereocenters. The summed E-state index contributed by atoms with van der Waals surface area (Å²) in [6, 6.07) is 6.50. The van der Waals surface area contributed by atoms with E-state index in [0.29, 0.717) is 5.41 Å². The van der Waals surface area contributed by atoms with E-state index in [4.69, 9.17) is 10.5 Å². The molecule has 1 aliphatic carbocycles. The van der Waals surface area contributed by atoms with Gasteiger partial charge in [-0.3, -0.25) is 0 Å². The zero-order valence-corrected chi connectivity index (χ0v) is 10.3. The van der Waals surface area contributed by atoms with Crippen molar-refractivity contribution in [2.45, 2.75) is 33.1 Å². The van der Waals surface area contributed by atoms with E-state index in [1.807, 2.05) is 6.92 Å². The van der Waals surface area contributed by atoms with Crippen LogP contribution in [0.25, 0.3) is 0 Å². The molecule has 88 valence electrons. The van der Waals surface area contributed by atoms with Crippen molar-refractivity contribution in [1.29, 1.82) is 0 Å². The number of ether oxygens (including phenoxy) is 1. The lowest BCUT2D eigenvalue weighted by Gasteiger charge is -2.14. The predicted octanol–water partition coefficient (Wildman–Crippen LogP) is 2.68. The fourth-order valence-corrected chi connectivity index (χ4v) is 2.20. The number of hydrogen-bond donors (Lipinski definition) is 1. The second-order valence-corrected chi connectivity index (χ2v) is 4.91. The van der Waals surface area contributed by atoms with Gasteiger partial charge in [-0.1, -0.05) is 12.1 Å². The Hall–Kier alpha value is -1.02. The van der Waals surface area contributed by atoms with Crippen LogP contribution in [0.4, 0.5) is 0 Å². The fourth-order valence-electron chi connectivity index (χ4n) is 2.20. The van der Waals surface area contributed by atoms with Crippen molar-refractivity contribution < 1.29 is 4.74 Å². The van der Waals surface area contributed by atoms with Crippen LogP contribution in [-0.2, 0) is 6.42 Å². The van der Waals surface area contributed by atoms with Gasteiger partial charge in [0.2, 0.25) is 0 Å². The minimum Gasteiger partial charge on any atom is -0.494 e. The van der Waals surface area contributed by atoms with Crippen molar-refractivity contribution >= 4 is 0 Å². The molecule has 16 heavy (non-hydrogen) atoms. The van der Waals surface area contributed by atoms with Crippen LogP contribution in [0, 0.1) is 12.3 Å². The molecule has 1 aliphatic rings. The molecule has 0 amide bonds. The summed E-state index contributed by atoms with van der Waals surface area (Å²) in [7, 11) is 0. The van der Waals surface area contributed by atoms with Gasteiger partial charge < -0.3 is 10.5 Å². The Kier molecular flexibility index (Phi) is 3.20. The van der Waals surface area contributed by atoms with E-state index in [1.165, 1.54) is 24.0 Å². The van der Waals surface area contributed by atoms with Gasteiger partial charge in [0.15, 0.2) is 0 Å². The van der Waals surface area contributed by atoms with Gasteiger partial charge in [0, 0.05) is 0 Å². The summed E-state index contributed by atoms with van der Waals surface area (Å²) in [5.41, 5.74) is 8.85. The maximum absolute atomic E-state index is 5.81. The van der Waals surface area contributed by atoms with Crippen LogP contribution >= 0.6 is 0 Å². The Labute approximate surface area is 97.8 Å². The Morgan fingerprint density at radius 2 is 2.12 bits per heavy atom. The molecule has 0 radical (unpaired) electrons. The second kappa shape index (κ2) is 4.46. The maximum atomic E-state index is 5.81. The Balaban J connectivity index is 2.09. The van der Waals surface area contributed by atoms with E-state index in [9.17, 15) is 0 Å². The average Bonchev–Trinajstić information content (AvgIpc) is 3.03. The summed E-state index contributed by atoms with van der Waals surface area (Å²) < 4.78 is 5.54. The maximum Gasteiger partial charge on any atom is 0.122 e. The van der Waals surface area contributed by atoms with Gasteiger partial charge in [0.25, 0.3) is 0 Å². The molecule has 0 unspecified atom stereocenters. The zero-order valence-electron chi connectivity index (χ0n) is 10.3. The van der Waals surface area contributed by atoms with Crippen molar-refractivity contribution in [2.75, 3.05) is 13.2 Å². The number of rotatable bonds is 5. The molecule has 0 bridgehead atoms. The van der Waals surface area contributed by atoms with E-state index < -0.39 is 0 Å². The molecule has 0 heterocycles. The second-order valence-electron chi connectivity index (χ2n) is 4.91. The first-order chi connectivity index (χ1) is 7.69. The molecule has 1 aromatic carbocycles. The molecule has 0 saturated heterocycles. The van der Waals surface area contributed by atoms with E-state index in [0.717, 1.165) is 25.3 Å². The average molecular weight is 219 g/mol. The smallest absolute Gasteiger partial charge is 0.122 e. The SMILES string of the molecule is CCOc1ccc(CC2(CN)CC2)cc1C. The number of hydrogen-bond acceptors (Lipinski definition) is 2. The Morgan fingerprint density at radius 3 is 2.62 bits per heavy atom. The molecule has 1 fully saturated rings. The van der Waals surface area contributed by atoms with Crippen LogP contribution in [0.1, 0.15) is 30.9 Å². The fraction of sp³-hybridized carbons (Fsp3) is 0.571. The van der Waals surface area contributed by atoms with Crippen LogP contribution in [0.2, 0.25) is 0 Å². The van der Waals surface area contributed by atoms with Crippen LogP contribution < -0.4 is 10.5 Å². The van der Waals surface area contributed by atoms with Crippen molar-refractivity contribution in [3.63, 3.8) is 0 Å². The number of nitrogens with two attached hydrogens (primary N) is 1. The van der Waals surface area contributed by atoms with E-state index in [2.05, 4.69) is 25.1 Å². The molecule has 2 nitrogen and oxygen atoms in total. The van der Waals surface area contributed by atoms with Gasteiger partial charge in [0.1, 0.15) is 5.75 Å². The van der Waals surface area contributed by atoms with Crippen LogP contribution in [0.3, 0.4) is 0 Å². The van der Waals surface area contributed by atoms with Crippen molar-refractivity contribution in [1.82, 2.24) is 0 Å². The summed E-state index contributed by atoms with van der Waals surface area (Å²) in [5, 5.41) is 0. The largest absolute Gasteiger partial charge is 0.494 e.